The van der Waals surface area contributed by atoms with Crippen LogP contribution in [0.5, 0.6) is 0 Å². The van der Waals surface area contributed by atoms with Crippen LogP contribution in [0.1, 0.15) is 40.0 Å². The highest BCUT2D eigenvalue weighted by Gasteiger charge is 2.34. The lowest BCUT2D eigenvalue weighted by molar-refractivity contribution is -0.383. The second-order valence-electron chi connectivity index (χ2n) is 6.35. The Bertz CT molecular complexity index is 987. The van der Waals surface area contributed by atoms with Crippen LogP contribution in [0, 0.1) is 16.0 Å². The number of hydrogen-bond donors (Lipinski definition) is 0. The molecule has 26 heavy (non-hydrogen) atoms. The maximum Gasteiger partial charge on any atom is 0.282 e. The van der Waals surface area contributed by atoms with Gasteiger partial charge >= 0.3 is 0 Å². The van der Waals surface area contributed by atoms with Gasteiger partial charge in [-0.05, 0) is 43.4 Å². The van der Waals surface area contributed by atoms with E-state index >= 15 is 0 Å². The van der Waals surface area contributed by atoms with Crippen molar-refractivity contribution >= 4 is 34.5 Å². The number of nitrogens with zero attached hydrogens (tertiary/aromatic N) is 3. The molecule has 130 valence electrons. The lowest BCUT2D eigenvalue weighted by atomic mass is 9.94. The molecular weight excluding hydrogens is 334 g/mol. The number of hydrogen-bond acceptors (Lipinski definition) is 5. The zero-order valence-corrected chi connectivity index (χ0v) is 13.8. The first kappa shape index (κ1) is 16.1. The lowest BCUT2D eigenvalue weighted by Crippen LogP contribution is -2.36. The summed E-state index contributed by atoms with van der Waals surface area (Å²) in [6.07, 6.45) is 8.52. The highest BCUT2D eigenvalue weighted by Crippen LogP contribution is 2.35. The Morgan fingerprint density at radius 3 is 2.58 bits per heavy atom. The first-order chi connectivity index (χ1) is 12.6. The van der Waals surface area contributed by atoms with Gasteiger partial charge in [0.1, 0.15) is 0 Å². The first-order valence-electron chi connectivity index (χ1n) is 8.36. The van der Waals surface area contributed by atoms with Crippen molar-refractivity contribution in [3.63, 3.8) is 0 Å². The van der Waals surface area contributed by atoms with Gasteiger partial charge in [0.2, 0.25) is 0 Å². The van der Waals surface area contributed by atoms with Gasteiger partial charge in [-0.3, -0.25) is 19.7 Å². The molecule has 0 bridgehead atoms. The minimum atomic E-state index is -0.559. The third-order valence-corrected chi connectivity index (χ3v) is 4.76. The van der Waals surface area contributed by atoms with E-state index in [1.807, 2.05) is 0 Å². The molecule has 4 rings (SSSR count). The van der Waals surface area contributed by atoms with Crippen molar-refractivity contribution in [3.05, 3.63) is 63.7 Å². The summed E-state index contributed by atoms with van der Waals surface area (Å²) in [5, 5.41) is 16.9. The fourth-order valence-corrected chi connectivity index (χ4v) is 3.45. The van der Waals surface area contributed by atoms with Gasteiger partial charge in [-0.2, -0.15) is 10.1 Å². The zero-order valence-electron chi connectivity index (χ0n) is 13.8. The molecule has 0 fully saturated rings. The number of amides is 2. The average molecular weight is 349 g/mol. The van der Waals surface area contributed by atoms with Crippen molar-refractivity contribution in [2.75, 3.05) is 0 Å². The molecule has 7 heteroatoms. The van der Waals surface area contributed by atoms with Gasteiger partial charge in [0, 0.05) is 17.7 Å². The van der Waals surface area contributed by atoms with E-state index in [1.165, 1.54) is 12.1 Å². The Kier molecular flexibility index (Phi) is 3.84. The Morgan fingerprint density at radius 1 is 1.12 bits per heavy atom. The first-order valence-corrected chi connectivity index (χ1v) is 8.36. The summed E-state index contributed by atoms with van der Waals surface area (Å²) in [6, 6.07) is 7.38. The summed E-state index contributed by atoms with van der Waals surface area (Å²) in [7, 11) is 0. The van der Waals surface area contributed by atoms with Crippen LogP contribution in [0.4, 0.5) is 5.69 Å². The number of nitro benzene ring substituents is 1. The number of hydrazone groups is 1. The SMILES string of the molecule is O=C1c2cccc3c([N+](=O)[O-])ccc(c23)C(=O)N1N=C[C@H]1CC=CCC1. The average Bonchev–Trinajstić information content (AvgIpc) is 2.66. The number of benzene rings is 2. The molecule has 2 amide bonds. The molecule has 1 atom stereocenters. The maximum absolute atomic E-state index is 12.8. The number of rotatable bonds is 3. The van der Waals surface area contributed by atoms with E-state index in [-0.39, 0.29) is 28.1 Å². The molecule has 1 heterocycles. The largest absolute Gasteiger partial charge is 0.282 e. The second kappa shape index (κ2) is 6.18. The van der Waals surface area contributed by atoms with Gasteiger partial charge in [0.05, 0.1) is 21.4 Å². The van der Waals surface area contributed by atoms with Crippen LogP contribution in [-0.4, -0.2) is 28.0 Å². The zero-order chi connectivity index (χ0) is 18.3. The molecule has 2 aromatic carbocycles. The summed E-state index contributed by atoms with van der Waals surface area (Å²) in [5.74, 6) is -0.929. The molecule has 7 nitrogen and oxygen atoms in total. The van der Waals surface area contributed by atoms with Gasteiger partial charge < -0.3 is 0 Å². The fraction of sp³-hybridized carbons (Fsp3) is 0.211. The quantitative estimate of drug-likeness (QED) is 0.278. The molecule has 0 saturated heterocycles. The van der Waals surface area contributed by atoms with Crippen molar-refractivity contribution in [1.29, 1.82) is 0 Å². The molecule has 0 saturated carbocycles. The molecule has 2 aromatic rings. The van der Waals surface area contributed by atoms with Gasteiger partial charge in [0.15, 0.2) is 0 Å². The fourth-order valence-electron chi connectivity index (χ4n) is 3.45. The maximum atomic E-state index is 12.8. The van der Waals surface area contributed by atoms with E-state index in [2.05, 4.69) is 17.3 Å². The van der Waals surface area contributed by atoms with E-state index in [0.29, 0.717) is 5.39 Å². The Labute approximate surface area is 148 Å². The third kappa shape index (κ3) is 2.48. The molecule has 1 aliphatic heterocycles. The molecule has 0 aromatic heterocycles. The van der Waals surface area contributed by atoms with E-state index in [0.717, 1.165) is 24.3 Å². The van der Waals surface area contributed by atoms with Crippen LogP contribution >= 0.6 is 0 Å². The van der Waals surface area contributed by atoms with Crippen LogP contribution in [-0.2, 0) is 0 Å². The highest BCUT2D eigenvalue weighted by atomic mass is 16.6. The summed E-state index contributed by atoms with van der Waals surface area (Å²) in [5.41, 5.74) is 0.375. The van der Waals surface area contributed by atoms with Crippen LogP contribution < -0.4 is 0 Å². The summed E-state index contributed by atoms with van der Waals surface area (Å²) in [6.45, 7) is 0. The van der Waals surface area contributed by atoms with Crippen molar-refractivity contribution < 1.29 is 14.5 Å². The van der Waals surface area contributed by atoms with E-state index in [4.69, 9.17) is 0 Å². The minimum Gasteiger partial charge on any atom is -0.267 e. The van der Waals surface area contributed by atoms with Crippen LogP contribution in [0.2, 0.25) is 0 Å². The topological polar surface area (TPSA) is 92.9 Å². The molecule has 0 unspecified atom stereocenters. The number of carbonyl (C=O) groups is 2. The number of nitro groups is 1. The molecule has 0 spiro atoms. The van der Waals surface area contributed by atoms with Gasteiger partial charge in [-0.1, -0.05) is 18.2 Å². The van der Waals surface area contributed by atoms with Crippen LogP contribution in [0.3, 0.4) is 0 Å². The lowest BCUT2D eigenvalue weighted by Gasteiger charge is -2.23. The molecule has 1 aliphatic carbocycles. The van der Waals surface area contributed by atoms with Crippen molar-refractivity contribution in [2.45, 2.75) is 19.3 Å². The van der Waals surface area contributed by atoms with E-state index < -0.39 is 16.7 Å². The van der Waals surface area contributed by atoms with E-state index in [1.54, 1.807) is 24.4 Å². The van der Waals surface area contributed by atoms with Crippen LogP contribution in [0.15, 0.2) is 47.6 Å². The van der Waals surface area contributed by atoms with Crippen molar-refractivity contribution in [2.24, 2.45) is 11.0 Å². The molecule has 2 aliphatic rings. The normalized spacial score (nSPS) is 19.5. The summed E-state index contributed by atoms with van der Waals surface area (Å²) < 4.78 is 0. The molecule has 0 radical (unpaired) electrons. The smallest absolute Gasteiger partial charge is 0.267 e. The van der Waals surface area contributed by atoms with Gasteiger partial charge in [-0.25, -0.2) is 0 Å². The standard InChI is InChI=1S/C19H15N3O4/c23-18-14-8-4-7-13-16(22(25)26)10-9-15(17(13)14)19(24)21(18)20-11-12-5-2-1-3-6-12/h1-2,4,7-12H,3,5-6H2/t12-/m0/s1. The van der Waals surface area contributed by atoms with Crippen LogP contribution in [0.25, 0.3) is 10.8 Å². The van der Waals surface area contributed by atoms with Crippen molar-refractivity contribution in [3.8, 4) is 0 Å². The number of imide groups is 1. The summed E-state index contributed by atoms with van der Waals surface area (Å²) >= 11 is 0. The van der Waals surface area contributed by atoms with E-state index in [9.17, 15) is 19.7 Å². The van der Waals surface area contributed by atoms with Gasteiger partial charge in [-0.15, -0.1) is 0 Å². The number of allylic oxidation sites excluding steroid dienone is 2. The second-order valence-corrected chi connectivity index (χ2v) is 6.35. The highest BCUT2D eigenvalue weighted by molar-refractivity contribution is 6.26. The third-order valence-electron chi connectivity index (χ3n) is 4.76. The minimum absolute atomic E-state index is 0.128. The molecular formula is C19H15N3O4. The Balaban J connectivity index is 1.79. The number of non-ortho nitro benzene ring substituents is 1. The Hall–Kier alpha value is -3.35. The predicted molar refractivity (Wildman–Crippen MR) is 96.1 cm³/mol. The van der Waals surface area contributed by atoms with Gasteiger partial charge in [0.25, 0.3) is 17.5 Å². The monoisotopic (exact) mass is 349 g/mol. The molecule has 0 N–H and O–H groups in total. The predicted octanol–water partition coefficient (Wildman–Crippen LogP) is 3.69. The Morgan fingerprint density at radius 2 is 1.88 bits per heavy atom. The van der Waals surface area contributed by atoms with Crippen molar-refractivity contribution in [1.82, 2.24) is 5.01 Å². The number of carbonyl (C=O) groups excluding carboxylic acids is 2. The summed E-state index contributed by atoms with van der Waals surface area (Å²) in [4.78, 5) is 36.3.